The molecule has 23 heavy (non-hydrogen) atoms. The van der Waals surface area contributed by atoms with Crippen LogP contribution in [0.5, 0.6) is 11.5 Å². The zero-order valence-corrected chi connectivity index (χ0v) is 12.1. The zero-order chi connectivity index (χ0) is 16.2. The predicted molar refractivity (Wildman–Crippen MR) is 88.8 cm³/mol. The Balaban J connectivity index is 1.81. The van der Waals surface area contributed by atoms with Crippen LogP contribution in [0.4, 0.5) is 0 Å². The molecule has 5 nitrogen and oxygen atoms in total. The fourth-order valence-corrected chi connectivity index (χ4v) is 2.29. The summed E-state index contributed by atoms with van der Waals surface area (Å²) >= 11 is 0. The number of nitrogens with zero attached hydrogens (tertiary/aromatic N) is 1. The van der Waals surface area contributed by atoms with Gasteiger partial charge in [0.05, 0.1) is 6.21 Å². The Morgan fingerprint density at radius 2 is 1.78 bits per heavy atom. The SMILES string of the molecule is O=C(NN=Cc1cc(O)ccc1O)c1cccc2ccccc12. The normalized spacial score (nSPS) is 11.0. The number of amides is 1. The highest BCUT2D eigenvalue weighted by Crippen LogP contribution is 2.20. The van der Waals surface area contributed by atoms with Crippen molar-refractivity contribution in [3.63, 3.8) is 0 Å². The smallest absolute Gasteiger partial charge is 0.271 e. The van der Waals surface area contributed by atoms with Gasteiger partial charge in [-0.15, -0.1) is 0 Å². The van der Waals surface area contributed by atoms with Crippen LogP contribution in [0.3, 0.4) is 0 Å². The van der Waals surface area contributed by atoms with E-state index in [1.54, 1.807) is 6.07 Å². The summed E-state index contributed by atoms with van der Waals surface area (Å²) in [6.07, 6.45) is 1.28. The molecule has 5 heteroatoms. The van der Waals surface area contributed by atoms with Crippen LogP contribution in [-0.2, 0) is 0 Å². The second-order valence-corrected chi connectivity index (χ2v) is 4.97. The molecule has 0 atom stereocenters. The molecule has 1 amide bonds. The van der Waals surface area contributed by atoms with Crippen molar-refractivity contribution >= 4 is 22.9 Å². The van der Waals surface area contributed by atoms with Crippen molar-refractivity contribution < 1.29 is 15.0 Å². The number of aromatic hydroxyl groups is 2. The van der Waals surface area contributed by atoms with Crippen LogP contribution < -0.4 is 5.43 Å². The van der Waals surface area contributed by atoms with Crippen molar-refractivity contribution in [1.82, 2.24) is 5.43 Å². The Morgan fingerprint density at radius 1 is 1.00 bits per heavy atom. The second kappa shape index (κ2) is 6.19. The summed E-state index contributed by atoms with van der Waals surface area (Å²) in [5, 5.41) is 24.7. The van der Waals surface area contributed by atoms with Gasteiger partial charge in [0.1, 0.15) is 11.5 Å². The number of hydrogen-bond acceptors (Lipinski definition) is 4. The van der Waals surface area contributed by atoms with Crippen molar-refractivity contribution in [3.05, 3.63) is 71.8 Å². The molecule has 0 fully saturated rings. The Hall–Kier alpha value is -3.34. The van der Waals surface area contributed by atoms with E-state index in [1.807, 2.05) is 36.4 Å². The van der Waals surface area contributed by atoms with Gasteiger partial charge < -0.3 is 10.2 Å². The predicted octanol–water partition coefficient (Wildman–Crippen LogP) is 3.01. The number of nitrogens with one attached hydrogen (secondary N) is 1. The van der Waals surface area contributed by atoms with E-state index in [4.69, 9.17) is 0 Å². The van der Waals surface area contributed by atoms with Crippen molar-refractivity contribution in [1.29, 1.82) is 0 Å². The average Bonchev–Trinajstić information content (AvgIpc) is 2.57. The number of phenols is 2. The first-order valence-corrected chi connectivity index (χ1v) is 6.98. The highest BCUT2D eigenvalue weighted by molar-refractivity contribution is 6.07. The zero-order valence-electron chi connectivity index (χ0n) is 12.1. The summed E-state index contributed by atoms with van der Waals surface area (Å²) in [7, 11) is 0. The van der Waals surface area contributed by atoms with Gasteiger partial charge in [-0.1, -0.05) is 36.4 Å². The van der Waals surface area contributed by atoms with Gasteiger partial charge in [-0.25, -0.2) is 5.43 Å². The van der Waals surface area contributed by atoms with E-state index in [0.717, 1.165) is 10.8 Å². The van der Waals surface area contributed by atoms with E-state index < -0.39 is 0 Å². The summed E-state index contributed by atoms with van der Waals surface area (Å²) in [6, 6.07) is 17.1. The van der Waals surface area contributed by atoms with E-state index >= 15 is 0 Å². The number of phenolic OH excluding ortho intramolecular Hbond substituents is 2. The van der Waals surface area contributed by atoms with Crippen LogP contribution in [0.15, 0.2) is 65.8 Å². The van der Waals surface area contributed by atoms with Crippen LogP contribution in [0.1, 0.15) is 15.9 Å². The Bertz CT molecular complexity index is 898. The Morgan fingerprint density at radius 3 is 2.65 bits per heavy atom. The molecule has 0 radical (unpaired) electrons. The number of carbonyl (C=O) groups is 1. The van der Waals surface area contributed by atoms with Crippen molar-refractivity contribution in [3.8, 4) is 11.5 Å². The average molecular weight is 306 g/mol. The molecule has 0 bridgehead atoms. The van der Waals surface area contributed by atoms with E-state index in [9.17, 15) is 15.0 Å². The van der Waals surface area contributed by atoms with Crippen LogP contribution in [0.25, 0.3) is 10.8 Å². The maximum atomic E-state index is 12.3. The van der Waals surface area contributed by atoms with Gasteiger partial charge in [0.25, 0.3) is 5.91 Å². The lowest BCUT2D eigenvalue weighted by atomic mass is 10.0. The first-order valence-electron chi connectivity index (χ1n) is 6.98. The molecule has 0 aliphatic carbocycles. The molecule has 3 N–H and O–H groups in total. The van der Waals surface area contributed by atoms with E-state index in [0.29, 0.717) is 11.1 Å². The molecule has 0 saturated carbocycles. The summed E-state index contributed by atoms with van der Waals surface area (Å²) < 4.78 is 0. The third kappa shape index (κ3) is 3.13. The minimum Gasteiger partial charge on any atom is -0.508 e. The molecule has 0 saturated heterocycles. The second-order valence-electron chi connectivity index (χ2n) is 4.97. The van der Waals surface area contributed by atoms with Gasteiger partial charge in [0.15, 0.2) is 0 Å². The number of benzene rings is 3. The number of hydrogen-bond donors (Lipinski definition) is 3. The third-order valence-corrected chi connectivity index (χ3v) is 3.42. The molecule has 114 valence electrons. The molecule has 3 aromatic carbocycles. The van der Waals surface area contributed by atoms with Gasteiger partial charge in [-0.3, -0.25) is 4.79 Å². The van der Waals surface area contributed by atoms with E-state index in [-0.39, 0.29) is 17.4 Å². The summed E-state index contributed by atoms with van der Waals surface area (Å²) in [4.78, 5) is 12.3. The maximum Gasteiger partial charge on any atom is 0.271 e. The van der Waals surface area contributed by atoms with Crippen LogP contribution >= 0.6 is 0 Å². The summed E-state index contributed by atoms with van der Waals surface area (Å²) in [5.41, 5.74) is 3.25. The molecule has 0 aliphatic rings. The number of carbonyl (C=O) groups excluding carboxylic acids is 1. The quantitative estimate of drug-likeness (QED) is 0.395. The Labute approximate surface area is 132 Å². The van der Waals surface area contributed by atoms with Crippen molar-refractivity contribution in [2.75, 3.05) is 0 Å². The van der Waals surface area contributed by atoms with Gasteiger partial charge in [-0.2, -0.15) is 5.10 Å². The number of fused-ring (bicyclic) bond motifs is 1. The molecule has 0 unspecified atom stereocenters. The first kappa shape index (κ1) is 14.6. The lowest BCUT2D eigenvalue weighted by Crippen LogP contribution is -2.17. The molecule has 3 rings (SSSR count). The molecular weight excluding hydrogens is 292 g/mol. The summed E-state index contributed by atoms with van der Waals surface area (Å²) in [6.45, 7) is 0. The Kier molecular flexibility index (Phi) is 3.93. The molecule has 0 aliphatic heterocycles. The fourth-order valence-electron chi connectivity index (χ4n) is 2.29. The monoisotopic (exact) mass is 306 g/mol. The molecule has 0 aromatic heterocycles. The highest BCUT2D eigenvalue weighted by atomic mass is 16.3. The van der Waals surface area contributed by atoms with E-state index in [2.05, 4.69) is 10.5 Å². The fraction of sp³-hybridized carbons (Fsp3) is 0. The van der Waals surface area contributed by atoms with E-state index in [1.165, 1.54) is 24.4 Å². The molecule has 0 heterocycles. The van der Waals surface area contributed by atoms with Crippen LogP contribution in [0.2, 0.25) is 0 Å². The van der Waals surface area contributed by atoms with Gasteiger partial charge in [0.2, 0.25) is 0 Å². The topological polar surface area (TPSA) is 81.9 Å². The van der Waals surface area contributed by atoms with Gasteiger partial charge in [-0.05, 0) is 35.0 Å². The van der Waals surface area contributed by atoms with Crippen molar-refractivity contribution in [2.45, 2.75) is 0 Å². The lowest BCUT2D eigenvalue weighted by Gasteiger charge is -2.05. The van der Waals surface area contributed by atoms with Gasteiger partial charge >= 0.3 is 0 Å². The number of rotatable bonds is 3. The lowest BCUT2D eigenvalue weighted by molar-refractivity contribution is 0.0957. The minimum absolute atomic E-state index is 0.00429. The van der Waals surface area contributed by atoms with Crippen LogP contribution in [-0.4, -0.2) is 22.3 Å². The molecular formula is C18H14N2O3. The minimum atomic E-state index is -0.349. The molecule has 0 spiro atoms. The third-order valence-electron chi connectivity index (χ3n) is 3.42. The number of hydrazone groups is 1. The maximum absolute atomic E-state index is 12.3. The highest BCUT2D eigenvalue weighted by Gasteiger charge is 2.08. The van der Waals surface area contributed by atoms with Crippen molar-refractivity contribution in [2.24, 2.45) is 5.10 Å². The van der Waals surface area contributed by atoms with Crippen LogP contribution in [0, 0.1) is 0 Å². The molecule has 3 aromatic rings. The first-order chi connectivity index (χ1) is 11.1. The largest absolute Gasteiger partial charge is 0.508 e. The standard InChI is InChI=1S/C18H14N2O3/c21-14-8-9-17(22)13(10-14)11-19-20-18(23)16-7-3-5-12-4-1-2-6-15(12)16/h1-11,21-22H,(H,20,23). The summed E-state index contributed by atoms with van der Waals surface area (Å²) in [5.74, 6) is -0.381. The van der Waals surface area contributed by atoms with Gasteiger partial charge in [0, 0.05) is 11.1 Å².